The number of hydrogen-bond donors (Lipinski definition) is 1. The fourth-order valence-corrected chi connectivity index (χ4v) is 0.852. The van der Waals surface area contributed by atoms with Crippen LogP contribution in [-0.4, -0.2) is 4.98 Å². The molecule has 0 bridgehead atoms. The van der Waals surface area contributed by atoms with Gasteiger partial charge in [0.05, 0.1) is 0 Å². The van der Waals surface area contributed by atoms with Crippen LogP contribution in [0.4, 0.5) is 0 Å². The Morgan fingerprint density at radius 2 is 1.91 bits per heavy atom. The van der Waals surface area contributed by atoms with Crippen molar-refractivity contribution in [1.29, 1.82) is 0 Å². The third-order valence-corrected chi connectivity index (χ3v) is 1.43. The van der Waals surface area contributed by atoms with Crippen molar-refractivity contribution in [3.8, 4) is 0 Å². The second kappa shape index (κ2) is 3.01. The van der Waals surface area contributed by atoms with Crippen molar-refractivity contribution in [2.24, 2.45) is 0 Å². The Labute approximate surface area is 64.9 Å². The number of aromatic amines is 1. The van der Waals surface area contributed by atoms with Gasteiger partial charge in [-0.2, -0.15) is 0 Å². The van der Waals surface area contributed by atoms with Gasteiger partial charge in [0.15, 0.2) is 0 Å². The largest absolute Gasteiger partial charge is 0.328 e. The molecule has 2 heteroatoms. The molecule has 11 heavy (non-hydrogen) atoms. The summed E-state index contributed by atoms with van der Waals surface area (Å²) in [6.45, 7) is 7.18. The summed E-state index contributed by atoms with van der Waals surface area (Å²) in [4.78, 5) is 13.3. The van der Waals surface area contributed by atoms with E-state index in [4.69, 9.17) is 0 Å². The van der Waals surface area contributed by atoms with Crippen molar-refractivity contribution in [1.82, 2.24) is 4.98 Å². The molecule has 0 amide bonds. The van der Waals surface area contributed by atoms with Crippen molar-refractivity contribution in [3.05, 3.63) is 46.9 Å². The zero-order valence-corrected chi connectivity index (χ0v) is 6.13. The van der Waals surface area contributed by atoms with Gasteiger partial charge in [0, 0.05) is 12.3 Å². The second-order valence-corrected chi connectivity index (χ2v) is 2.12. The van der Waals surface area contributed by atoms with Crippen LogP contribution < -0.4 is 5.56 Å². The maximum atomic E-state index is 10.8. The van der Waals surface area contributed by atoms with Crippen molar-refractivity contribution in [2.75, 3.05) is 0 Å². The molecule has 0 atom stereocenters. The Bertz CT molecular complexity index is 336. The molecule has 0 aromatic carbocycles. The molecule has 0 unspecified atom stereocenters. The molecule has 0 aliphatic heterocycles. The van der Waals surface area contributed by atoms with E-state index in [1.54, 1.807) is 18.3 Å². The quantitative estimate of drug-likeness (QED) is 0.678. The normalized spacial score (nSPS) is 9.09. The Morgan fingerprint density at radius 1 is 1.27 bits per heavy atom. The molecule has 1 heterocycles. The van der Waals surface area contributed by atoms with Crippen molar-refractivity contribution in [3.63, 3.8) is 0 Å². The van der Waals surface area contributed by atoms with E-state index in [-0.39, 0.29) is 5.56 Å². The van der Waals surface area contributed by atoms with Crippen LogP contribution in [0.1, 0.15) is 11.1 Å². The summed E-state index contributed by atoms with van der Waals surface area (Å²) in [5.74, 6) is 0. The van der Waals surface area contributed by atoms with Gasteiger partial charge >= 0.3 is 0 Å². The van der Waals surface area contributed by atoms with Crippen LogP contribution in [0, 0.1) is 0 Å². The van der Waals surface area contributed by atoms with Gasteiger partial charge in [0.25, 0.3) is 0 Å². The highest BCUT2D eigenvalue weighted by atomic mass is 16.1. The lowest BCUT2D eigenvalue weighted by Gasteiger charge is -1.96. The Hall–Kier alpha value is -1.57. The number of pyridine rings is 1. The van der Waals surface area contributed by atoms with E-state index in [2.05, 4.69) is 18.1 Å². The third kappa shape index (κ3) is 1.46. The van der Waals surface area contributed by atoms with E-state index in [9.17, 15) is 4.79 Å². The molecular formula is C9H9NO. The number of aromatic nitrogens is 1. The molecule has 1 rings (SSSR count). The minimum absolute atomic E-state index is 0.120. The van der Waals surface area contributed by atoms with E-state index in [0.717, 1.165) is 11.1 Å². The summed E-state index contributed by atoms with van der Waals surface area (Å²) in [6, 6.07) is 1.49. The van der Waals surface area contributed by atoms with E-state index in [0.29, 0.717) is 0 Å². The molecule has 0 fully saturated rings. The van der Waals surface area contributed by atoms with Gasteiger partial charge in [-0.25, -0.2) is 0 Å². The van der Waals surface area contributed by atoms with Crippen LogP contribution in [-0.2, 0) is 0 Å². The van der Waals surface area contributed by atoms with Crippen molar-refractivity contribution >= 4 is 12.2 Å². The number of H-pyrrole nitrogens is 1. The first kappa shape index (κ1) is 7.54. The molecule has 56 valence electrons. The first-order valence-corrected chi connectivity index (χ1v) is 3.25. The van der Waals surface area contributed by atoms with Gasteiger partial charge < -0.3 is 4.98 Å². The van der Waals surface area contributed by atoms with Gasteiger partial charge in [0.2, 0.25) is 5.56 Å². The van der Waals surface area contributed by atoms with Gasteiger partial charge in [-0.1, -0.05) is 25.3 Å². The number of rotatable bonds is 2. The number of nitrogens with one attached hydrogen (secondary N) is 1. The molecule has 0 radical (unpaired) electrons. The van der Waals surface area contributed by atoms with E-state index < -0.39 is 0 Å². The maximum Gasteiger partial charge on any atom is 0.248 e. The fraction of sp³-hybridized carbons (Fsp3) is 0. The van der Waals surface area contributed by atoms with Crippen LogP contribution in [0.15, 0.2) is 30.2 Å². The standard InChI is InChI=1S/C9H9NO/c1-3-7-5-9(11)10-6-8(7)4-2/h3-6H,1-2H2,(H,10,11). The summed E-state index contributed by atoms with van der Waals surface area (Å²) in [5.41, 5.74) is 1.58. The third-order valence-electron chi connectivity index (χ3n) is 1.43. The average molecular weight is 147 g/mol. The predicted octanol–water partition coefficient (Wildman–Crippen LogP) is 1.66. The first-order valence-electron chi connectivity index (χ1n) is 3.25. The van der Waals surface area contributed by atoms with E-state index in [1.165, 1.54) is 6.07 Å². The van der Waals surface area contributed by atoms with Crippen LogP contribution in [0.2, 0.25) is 0 Å². The molecule has 0 saturated carbocycles. The second-order valence-electron chi connectivity index (χ2n) is 2.12. The van der Waals surface area contributed by atoms with E-state index in [1.807, 2.05) is 0 Å². The van der Waals surface area contributed by atoms with Crippen LogP contribution in [0.5, 0.6) is 0 Å². The summed E-state index contributed by atoms with van der Waals surface area (Å²) in [6.07, 6.45) is 4.92. The van der Waals surface area contributed by atoms with Crippen LogP contribution in [0.25, 0.3) is 12.2 Å². The van der Waals surface area contributed by atoms with Crippen molar-refractivity contribution < 1.29 is 0 Å². The smallest absolute Gasteiger partial charge is 0.248 e. The topological polar surface area (TPSA) is 32.9 Å². The molecule has 1 N–H and O–H groups in total. The zero-order chi connectivity index (χ0) is 8.27. The summed E-state index contributed by atoms with van der Waals surface area (Å²) in [5, 5.41) is 0. The summed E-state index contributed by atoms with van der Waals surface area (Å²) in [7, 11) is 0. The van der Waals surface area contributed by atoms with Crippen LogP contribution in [0.3, 0.4) is 0 Å². The minimum Gasteiger partial charge on any atom is -0.328 e. The highest BCUT2D eigenvalue weighted by molar-refractivity contribution is 5.62. The molecule has 1 aromatic heterocycles. The minimum atomic E-state index is -0.120. The number of hydrogen-bond acceptors (Lipinski definition) is 1. The van der Waals surface area contributed by atoms with Crippen molar-refractivity contribution in [2.45, 2.75) is 0 Å². The molecule has 0 aliphatic carbocycles. The zero-order valence-electron chi connectivity index (χ0n) is 6.13. The fourth-order valence-electron chi connectivity index (χ4n) is 0.852. The lowest BCUT2D eigenvalue weighted by atomic mass is 10.1. The predicted molar refractivity (Wildman–Crippen MR) is 47.2 cm³/mol. The van der Waals surface area contributed by atoms with Crippen LogP contribution >= 0.6 is 0 Å². The lowest BCUT2D eigenvalue weighted by Crippen LogP contribution is -2.04. The summed E-state index contributed by atoms with van der Waals surface area (Å²) >= 11 is 0. The molecule has 2 nitrogen and oxygen atoms in total. The van der Waals surface area contributed by atoms with Gasteiger partial charge in [-0.05, 0) is 11.1 Å². The SMILES string of the molecule is C=Cc1c[nH]c(=O)cc1C=C. The Kier molecular flexibility index (Phi) is 2.06. The lowest BCUT2D eigenvalue weighted by molar-refractivity contribution is 1.22. The average Bonchev–Trinajstić information content (AvgIpc) is 2.04. The monoisotopic (exact) mass is 147 g/mol. The maximum absolute atomic E-state index is 10.8. The van der Waals surface area contributed by atoms with Gasteiger partial charge in [-0.15, -0.1) is 0 Å². The molecule has 0 saturated heterocycles. The first-order chi connectivity index (χ1) is 5.27. The molecular weight excluding hydrogens is 138 g/mol. The highest BCUT2D eigenvalue weighted by Gasteiger charge is 1.93. The molecule has 0 spiro atoms. The molecule has 1 aromatic rings. The Balaban J connectivity index is 3.38. The molecule has 0 aliphatic rings. The van der Waals surface area contributed by atoms with E-state index >= 15 is 0 Å². The Morgan fingerprint density at radius 3 is 2.45 bits per heavy atom. The highest BCUT2D eigenvalue weighted by Crippen LogP contribution is 2.06. The summed E-state index contributed by atoms with van der Waals surface area (Å²) < 4.78 is 0. The van der Waals surface area contributed by atoms with Gasteiger partial charge in [-0.3, -0.25) is 4.79 Å². The van der Waals surface area contributed by atoms with Gasteiger partial charge in [0.1, 0.15) is 0 Å².